The fraction of sp³-hybridized carbons (Fsp3) is 0.294. The van der Waals surface area contributed by atoms with Crippen LogP contribution in [-0.4, -0.2) is 68.6 Å². The molecule has 1 N–H and O–H groups in total. The van der Waals surface area contributed by atoms with Gasteiger partial charge >= 0.3 is 5.97 Å². The van der Waals surface area contributed by atoms with E-state index < -0.39 is 17.7 Å². The highest BCUT2D eigenvalue weighted by Gasteiger charge is 2.30. The number of hydrogen-bond donors (Lipinski definition) is 1. The number of rotatable bonds is 3. The zero-order chi connectivity index (χ0) is 18.8. The summed E-state index contributed by atoms with van der Waals surface area (Å²) in [5.74, 6) is -2.30. The SMILES string of the molecule is Cn1ncc(C(=O)O)c1C(=O)N1CCN(C(=O)c2ccc(F)cc2)CC1. The highest BCUT2D eigenvalue weighted by atomic mass is 19.1. The number of hydrogen-bond acceptors (Lipinski definition) is 4. The lowest BCUT2D eigenvalue weighted by molar-refractivity contribution is 0.0525. The Morgan fingerprint density at radius 3 is 2.08 bits per heavy atom. The van der Waals surface area contributed by atoms with Crippen molar-refractivity contribution in [2.75, 3.05) is 26.2 Å². The molecule has 26 heavy (non-hydrogen) atoms. The molecule has 0 radical (unpaired) electrons. The van der Waals surface area contributed by atoms with E-state index in [9.17, 15) is 23.9 Å². The van der Waals surface area contributed by atoms with Crippen LogP contribution in [0.3, 0.4) is 0 Å². The topological polar surface area (TPSA) is 95.7 Å². The van der Waals surface area contributed by atoms with Crippen LogP contribution in [0.5, 0.6) is 0 Å². The number of carbonyl (C=O) groups is 3. The van der Waals surface area contributed by atoms with Crippen LogP contribution in [0.1, 0.15) is 31.2 Å². The van der Waals surface area contributed by atoms with Crippen molar-refractivity contribution in [1.82, 2.24) is 19.6 Å². The van der Waals surface area contributed by atoms with Crippen LogP contribution in [0.25, 0.3) is 0 Å². The Hall–Kier alpha value is -3.23. The number of piperazine rings is 1. The van der Waals surface area contributed by atoms with Gasteiger partial charge in [-0.05, 0) is 24.3 Å². The first-order chi connectivity index (χ1) is 12.4. The number of carboxylic acids is 1. The number of benzene rings is 1. The third kappa shape index (κ3) is 3.28. The molecule has 0 atom stereocenters. The van der Waals surface area contributed by atoms with Crippen LogP contribution in [-0.2, 0) is 7.05 Å². The van der Waals surface area contributed by atoms with Crippen LogP contribution in [0.2, 0.25) is 0 Å². The van der Waals surface area contributed by atoms with Gasteiger partial charge in [0.25, 0.3) is 11.8 Å². The maximum Gasteiger partial charge on any atom is 0.339 e. The number of halogens is 1. The summed E-state index contributed by atoms with van der Waals surface area (Å²) in [6, 6.07) is 5.29. The number of aryl methyl sites for hydroxylation is 1. The van der Waals surface area contributed by atoms with E-state index in [1.807, 2.05) is 0 Å². The first kappa shape index (κ1) is 17.6. The molecule has 0 bridgehead atoms. The second-order valence-corrected chi connectivity index (χ2v) is 5.93. The van der Waals surface area contributed by atoms with E-state index in [1.165, 1.54) is 40.9 Å². The standard InChI is InChI=1S/C17H17FN4O4/c1-20-14(13(10-19-20)17(25)26)16(24)22-8-6-21(7-9-22)15(23)11-2-4-12(18)5-3-11/h2-5,10H,6-9H2,1H3,(H,25,26). The first-order valence-corrected chi connectivity index (χ1v) is 7.98. The Morgan fingerprint density at radius 2 is 1.54 bits per heavy atom. The molecule has 1 aromatic carbocycles. The summed E-state index contributed by atoms with van der Waals surface area (Å²) in [4.78, 5) is 39.4. The second kappa shape index (κ2) is 6.95. The van der Waals surface area contributed by atoms with Gasteiger partial charge in [-0.1, -0.05) is 0 Å². The Morgan fingerprint density at radius 1 is 1.00 bits per heavy atom. The van der Waals surface area contributed by atoms with Gasteiger partial charge in [0.05, 0.1) is 6.20 Å². The molecule has 2 aromatic rings. The Kier molecular flexibility index (Phi) is 4.70. The minimum atomic E-state index is -1.22. The maximum absolute atomic E-state index is 13.0. The molecule has 9 heteroatoms. The molecule has 0 saturated carbocycles. The van der Waals surface area contributed by atoms with Crippen molar-refractivity contribution in [3.63, 3.8) is 0 Å². The lowest BCUT2D eigenvalue weighted by atomic mass is 10.1. The molecule has 1 aliphatic heterocycles. The van der Waals surface area contributed by atoms with Crippen molar-refractivity contribution in [2.45, 2.75) is 0 Å². The second-order valence-electron chi connectivity index (χ2n) is 5.93. The zero-order valence-corrected chi connectivity index (χ0v) is 14.1. The molecule has 1 fully saturated rings. The molecule has 136 valence electrons. The van der Waals surface area contributed by atoms with Gasteiger partial charge in [0.15, 0.2) is 0 Å². The molecule has 1 aliphatic rings. The number of carbonyl (C=O) groups excluding carboxylic acids is 2. The van der Waals surface area contributed by atoms with E-state index in [-0.39, 0.29) is 30.3 Å². The van der Waals surface area contributed by atoms with Crippen molar-refractivity contribution in [3.05, 3.63) is 53.1 Å². The number of nitrogens with zero attached hydrogens (tertiary/aromatic N) is 4. The molecule has 0 aliphatic carbocycles. The van der Waals surface area contributed by atoms with Gasteiger partial charge in [0.2, 0.25) is 0 Å². The van der Waals surface area contributed by atoms with Gasteiger partial charge in [-0.25, -0.2) is 9.18 Å². The predicted molar refractivity (Wildman–Crippen MR) is 88.4 cm³/mol. The predicted octanol–water partition coefficient (Wildman–Crippen LogP) is 0.856. The monoisotopic (exact) mass is 360 g/mol. The van der Waals surface area contributed by atoms with Crippen LogP contribution >= 0.6 is 0 Å². The van der Waals surface area contributed by atoms with Gasteiger partial charge in [-0.3, -0.25) is 14.3 Å². The minimum absolute atomic E-state index is 0.0100. The average molecular weight is 360 g/mol. The lowest BCUT2D eigenvalue weighted by Crippen LogP contribution is -2.51. The van der Waals surface area contributed by atoms with Gasteiger partial charge in [-0.2, -0.15) is 5.10 Å². The molecule has 2 amide bonds. The van der Waals surface area contributed by atoms with Crippen LogP contribution in [0.4, 0.5) is 4.39 Å². The van der Waals surface area contributed by atoms with Gasteiger partial charge in [-0.15, -0.1) is 0 Å². The molecule has 0 unspecified atom stereocenters. The highest BCUT2D eigenvalue weighted by molar-refractivity contribution is 6.03. The van der Waals surface area contributed by atoms with Crippen molar-refractivity contribution in [2.24, 2.45) is 7.05 Å². The van der Waals surface area contributed by atoms with Gasteiger partial charge in [0.1, 0.15) is 17.1 Å². The number of aromatic nitrogens is 2. The summed E-state index contributed by atoms with van der Waals surface area (Å²) in [6.45, 7) is 1.16. The van der Waals surface area contributed by atoms with Crippen molar-refractivity contribution < 1.29 is 23.9 Å². The Labute approximate surface area is 148 Å². The summed E-state index contributed by atoms with van der Waals surface area (Å²) in [6.07, 6.45) is 1.14. The van der Waals surface area contributed by atoms with Crippen LogP contribution in [0, 0.1) is 5.82 Å². The van der Waals surface area contributed by atoms with Gasteiger partial charge in [0, 0.05) is 38.8 Å². The molecule has 8 nitrogen and oxygen atoms in total. The largest absolute Gasteiger partial charge is 0.478 e. The van der Waals surface area contributed by atoms with Gasteiger partial charge < -0.3 is 14.9 Å². The number of carboxylic acid groups (broad SMARTS) is 1. The summed E-state index contributed by atoms with van der Waals surface area (Å²) in [7, 11) is 1.51. The average Bonchev–Trinajstić information content (AvgIpc) is 3.03. The molecule has 1 saturated heterocycles. The van der Waals surface area contributed by atoms with E-state index >= 15 is 0 Å². The van der Waals surface area contributed by atoms with Crippen molar-refractivity contribution in [1.29, 1.82) is 0 Å². The summed E-state index contributed by atoms with van der Waals surface area (Å²) in [5.41, 5.74) is 0.240. The summed E-state index contributed by atoms with van der Waals surface area (Å²) < 4.78 is 14.2. The fourth-order valence-corrected chi connectivity index (χ4v) is 2.89. The Bertz CT molecular complexity index is 854. The molecule has 3 rings (SSSR count). The summed E-state index contributed by atoms with van der Waals surface area (Å²) >= 11 is 0. The zero-order valence-electron chi connectivity index (χ0n) is 14.1. The number of amides is 2. The fourth-order valence-electron chi connectivity index (χ4n) is 2.89. The van der Waals surface area contributed by atoms with E-state index in [2.05, 4.69) is 5.10 Å². The molecule has 0 spiro atoms. The number of aromatic carboxylic acids is 1. The quantitative estimate of drug-likeness (QED) is 0.876. The Balaban J connectivity index is 1.68. The van der Waals surface area contributed by atoms with E-state index in [0.717, 1.165) is 6.20 Å². The van der Waals surface area contributed by atoms with Crippen LogP contribution in [0.15, 0.2) is 30.5 Å². The lowest BCUT2D eigenvalue weighted by Gasteiger charge is -2.34. The normalized spacial score (nSPS) is 14.4. The molecular formula is C17H17FN4O4. The maximum atomic E-state index is 13.0. The van der Waals surface area contributed by atoms with Crippen molar-refractivity contribution >= 4 is 17.8 Å². The third-order valence-corrected chi connectivity index (χ3v) is 4.32. The van der Waals surface area contributed by atoms with Crippen LogP contribution < -0.4 is 0 Å². The van der Waals surface area contributed by atoms with E-state index in [1.54, 1.807) is 4.90 Å². The molecule has 2 heterocycles. The van der Waals surface area contributed by atoms with E-state index in [4.69, 9.17) is 0 Å². The third-order valence-electron chi connectivity index (χ3n) is 4.32. The highest BCUT2D eigenvalue weighted by Crippen LogP contribution is 2.15. The van der Waals surface area contributed by atoms with E-state index in [0.29, 0.717) is 18.7 Å². The molecule has 1 aromatic heterocycles. The van der Waals surface area contributed by atoms with Crippen molar-refractivity contribution in [3.8, 4) is 0 Å². The first-order valence-electron chi connectivity index (χ1n) is 7.98. The minimum Gasteiger partial charge on any atom is -0.478 e. The summed E-state index contributed by atoms with van der Waals surface area (Å²) in [5, 5.41) is 13.0. The molecular weight excluding hydrogens is 343 g/mol. The smallest absolute Gasteiger partial charge is 0.339 e.